The number of hydrogen-bond donors (Lipinski definition) is 1. The highest BCUT2D eigenvalue weighted by Gasteiger charge is 2.27. The average molecular weight is 460 g/mol. The third kappa shape index (κ3) is 4.28. The van der Waals surface area contributed by atoms with Crippen molar-refractivity contribution in [2.24, 2.45) is 10.9 Å². The molecule has 1 N–H and O–H groups in total. The van der Waals surface area contributed by atoms with Crippen LogP contribution in [-0.4, -0.2) is 23.0 Å². The van der Waals surface area contributed by atoms with Crippen LogP contribution in [0.4, 0.5) is 4.39 Å². The third-order valence-electron chi connectivity index (χ3n) is 7.02. The summed E-state index contributed by atoms with van der Waals surface area (Å²) in [5.41, 5.74) is 8.89. The molecule has 35 heavy (non-hydrogen) atoms. The number of aromatic amines is 1. The summed E-state index contributed by atoms with van der Waals surface area (Å²) < 4.78 is 14.5. The van der Waals surface area contributed by atoms with E-state index in [4.69, 9.17) is 0 Å². The number of fused-ring (bicyclic) bond motifs is 1. The Labute approximate surface area is 204 Å². The number of aromatic nitrogens is 2. The van der Waals surface area contributed by atoms with Crippen molar-refractivity contribution in [2.45, 2.75) is 19.3 Å². The summed E-state index contributed by atoms with van der Waals surface area (Å²) in [4.78, 5) is 4.24. The van der Waals surface area contributed by atoms with Crippen LogP contribution in [-0.2, 0) is 0 Å². The standard InChI is InChI=1S/C31H26FN3/c32-31-27-19-26(15-16-28(27)34-35-31)30(29(24-7-4-8-24)23-5-2-1-3-6-23)25-13-11-21(12-14-25)9-10-22-17-18-33-20-22/h1-3,5-6,9-19,24H,4,7-8,20H2,(H,34,35)/b10-9+,30-29-. The highest BCUT2D eigenvalue weighted by atomic mass is 19.1. The number of nitrogens with one attached hydrogen (secondary N) is 1. The lowest BCUT2D eigenvalue weighted by molar-refractivity contribution is 0.401. The normalized spacial score (nSPS) is 16.5. The fourth-order valence-electron chi connectivity index (χ4n) is 4.94. The van der Waals surface area contributed by atoms with E-state index in [0.717, 1.165) is 23.2 Å². The number of allylic oxidation sites excluding steroid dienone is 2. The van der Waals surface area contributed by atoms with Crippen LogP contribution >= 0.6 is 0 Å². The molecular weight excluding hydrogens is 433 g/mol. The average Bonchev–Trinajstić information content (AvgIpc) is 3.52. The Hall–Kier alpha value is -4.05. The van der Waals surface area contributed by atoms with Gasteiger partial charge in [-0.05, 0) is 75.9 Å². The van der Waals surface area contributed by atoms with Crippen molar-refractivity contribution in [2.75, 3.05) is 6.54 Å². The predicted molar refractivity (Wildman–Crippen MR) is 143 cm³/mol. The van der Waals surface area contributed by atoms with Gasteiger partial charge in [-0.2, -0.15) is 9.49 Å². The first-order valence-corrected chi connectivity index (χ1v) is 12.2. The lowest BCUT2D eigenvalue weighted by Crippen LogP contribution is -2.15. The van der Waals surface area contributed by atoms with E-state index < -0.39 is 5.95 Å². The Balaban J connectivity index is 1.50. The Morgan fingerprint density at radius 3 is 2.40 bits per heavy atom. The second-order valence-electron chi connectivity index (χ2n) is 9.24. The summed E-state index contributed by atoms with van der Waals surface area (Å²) in [5, 5.41) is 7.08. The smallest absolute Gasteiger partial charge is 0.216 e. The molecule has 6 rings (SSSR count). The number of hydrogen-bond acceptors (Lipinski definition) is 2. The van der Waals surface area contributed by atoms with Crippen LogP contribution in [0.25, 0.3) is 28.1 Å². The predicted octanol–water partition coefficient (Wildman–Crippen LogP) is 7.49. The molecular formula is C31H26FN3. The van der Waals surface area contributed by atoms with Crippen molar-refractivity contribution in [3.63, 3.8) is 0 Å². The molecule has 2 aliphatic rings. The van der Waals surface area contributed by atoms with E-state index in [1.54, 1.807) is 0 Å². The number of H-pyrrole nitrogens is 1. The zero-order valence-electron chi connectivity index (χ0n) is 19.4. The molecule has 0 spiro atoms. The molecule has 1 saturated carbocycles. The van der Waals surface area contributed by atoms with Gasteiger partial charge in [0.2, 0.25) is 5.95 Å². The lowest BCUT2D eigenvalue weighted by atomic mass is 9.73. The first-order valence-electron chi connectivity index (χ1n) is 12.2. The zero-order valence-corrected chi connectivity index (χ0v) is 19.4. The molecule has 172 valence electrons. The Morgan fingerprint density at radius 2 is 1.69 bits per heavy atom. The number of halogens is 1. The van der Waals surface area contributed by atoms with Gasteiger partial charge in [-0.15, -0.1) is 0 Å². The van der Waals surface area contributed by atoms with Crippen LogP contribution in [0.1, 0.15) is 41.5 Å². The third-order valence-corrected chi connectivity index (χ3v) is 7.02. The van der Waals surface area contributed by atoms with Crippen LogP contribution in [0.2, 0.25) is 0 Å². The molecule has 1 aliphatic carbocycles. The summed E-state index contributed by atoms with van der Waals surface area (Å²) >= 11 is 0. The van der Waals surface area contributed by atoms with E-state index in [1.807, 2.05) is 24.4 Å². The van der Waals surface area contributed by atoms with Gasteiger partial charge in [-0.1, -0.05) is 79.2 Å². The van der Waals surface area contributed by atoms with Crippen LogP contribution in [0, 0.1) is 11.9 Å². The maximum Gasteiger partial charge on any atom is 0.216 e. The van der Waals surface area contributed by atoms with E-state index in [0.29, 0.717) is 16.8 Å². The first-order chi connectivity index (χ1) is 17.3. The van der Waals surface area contributed by atoms with Crippen LogP contribution in [0.15, 0.2) is 95.5 Å². The van der Waals surface area contributed by atoms with Crippen LogP contribution in [0.5, 0.6) is 0 Å². The van der Waals surface area contributed by atoms with E-state index in [2.05, 4.69) is 88.0 Å². The van der Waals surface area contributed by atoms with Crippen molar-refractivity contribution in [1.29, 1.82) is 0 Å². The minimum Gasteiger partial charge on any atom is -0.288 e. The molecule has 0 saturated heterocycles. The Morgan fingerprint density at radius 1 is 0.886 bits per heavy atom. The van der Waals surface area contributed by atoms with Crippen molar-refractivity contribution in [3.05, 3.63) is 119 Å². The minimum atomic E-state index is -0.392. The summed E-state index contributed by atoms with van der Waals surface area (Å²) in [5.74, 6) is 0.1000. The van der Waals surface area contributed by atoms with Gasteiger partial charge in [0.15, 0.2) is 0 Å². The Bertz CT molecular complexity index is 1480. The van der Waals surface area contributed by atoms with E-state index >= 15 is 0 Å². The van der Waals surface area contributed by atoms with Gasteiger partial charge >= 0.3 is 0 Å². The van der Waals surface area contributed by atoms with Gasteiger partial charge in [-0.25, -0.2) is 0 Å². The highest BCUT2D eigenvalue weighted by molar-refractivity contribution is 6.01. The first kappa shape index (κ1) is 21.5. The molecule has 0 bridgehead atoms. The molecule has 0 atom stereocenters. The van der Waals surface area contributed by atoms with Crippen molar-refractivity contribution in [3.8, 4) is 0 Å². The molecule has 3 nitrogen and oxygen atoms in total. The highest BCUT2D eigenvalue weighted by Crippen LogP contribution is 2.45. The van der Waals surface area contributed by atoms with E-state index in [-0.39, 0.29) is 0 Å². The zero-order chi connectivity index (χ0) is 23.6. The second-order valence-corrected chi connectivity index (χ2v) is 9.24. The second kappa shape index (κ2) is 9.30. The number of rotatable bonds is 6. The van der Waals surface area contributed by atoms with Gasteiger partial charge in [-0.3, -0.25) is 10.1 Å². The summed E-state index contributed by atoms with van der Waals surface area (Å²) in [7, 11) is 0. The maximum absolute atomic E-state index is 14.5. The monoisotopic (exact) mass is 459 g/mol. The molecule has 2 heterocycles. The SMILES string of the molecule is Fc1[nH]nc2ccc(/C(=C(/c3ccccc3)C3CCC3)c3ccc(/C=C/C4=CC=NC4)cc3)cc12. The molecule has 0 radical (unpaired) electrons. The minimum absolute atomic E-state index is 0.392. The quantitative estimate of drug-likeness (QED) is 0.298. The number of benzene rings is 3. The van der Waals surface area contributed by atoms with Gasteiger partial charge in [0.25, 0.3) is 0 Å². The molecule has 1 aromatic heterocycles. The van der Waals surface area contributed by atoms with Gasteiger partial charge in [0.05, 0.1) is 17.4 Å². The van der Waals surface area contributed by atoms with Crippen molar-refractivity contribution >= 4 is 34.3 Å². The Kier molecular flexibility index (Phi) is 5.71. The molecule has 1 aliphatic heterocycles. The van der Waals surface area contributed by atoms with Crippen molar-refractivity contribution < 1.29 is 4.39 Å². The van der Waals surface area contributed by atoms with E-state index in [9.17, 15) is 4.39 Å². The fraction of sp³-hybridized carbons (Fsp3) is 0.161. The summed E-state index contributed by atoms with van der Waals surface area (Å²) in [6.07, 6.45) is 11.7. The largest absolute Gasteiger partial charge is 0.288 e. The summed E-state index contributed by atoms with van der Waals surface area (Å²) in [6.45, 7) is 0.746. The molecule has 1 fully saturated rings. The number of nitrogens with zero attached hydrogens (tertiary/aromatic N) is 2. The van der Waals surface area contributed by atoms with E-state index in [1.165, 1.54) is 41.5 Å². The van der Waals surface area contributed by atoms with Gasteiger partial charge < -0.3 is 0 Å². The lowest BCUT2D eigenvalue weighted by Gasteiger charge is -2.31. The molecule has 4 aromatic rings. The fourth-order valence-corrected chi connectivity index (χ4v) is 4.94. The van der Waals surface area contributed by atoms with Gasteiger partial charge in [0, 0.05) is 6.21 Å². The van der Waals surface area contributed by atoms with Crippen molar-refractivity contribution in [1.82, 2.24) is 10.2 Å². The maximum atomic E-state index is 14.5. The molecule has 0 amide bonds. The topological polar surface area (TPSA) is 41.0 Å². The molecule has 3 aromatic carbocycles. The summed E-state index contributed by atoms with van der Waals surface area (Å²) in [6, 6.07) is 25.2. The van der Waals surface area contributed by atoms with Gasteiger partial charge in [0.1, 0.15) is 0 Å². The molecule has 4 heteroatoms. The van der Waals surface area contributed by atoms with Crippen LogP contribution < -0.4 is 0 Å². The van der Waals surface area contributed by atoms with Crippen LogP contribution in [0.3, 0.4) is 0 Å². The molecule has 0 unspecified atom stereocenters. The number of aliphatic imine (C=N–C) groups is 1.